The Bertz CT molecular complexity index is 589. The van der Waals surface area contributed by atoms with Crippen LogP contribution in [0.3, 0.4) is 0 Å². The van der Waals surface area contributed by atoms with Gasteiger partial charge in [0.05, 0.1) is 4.88 Å². The number of nitrogens with zero attached hydrogens (tertiary/aromatic N) is 1. The minimum Gasteiger partial charge on any atom is -0.492 e. The zero-order valence-electron chi connectivity index (χ0n) is 8.04. The van der Waals surface area contributed by atoms with Crippen LogP contribution in [0, 0.1) is 10.5 Å². The number of aromatic hydroxyl groups is 1. The lowest BCUT2D eigenvalue weighted by molar-refractivity contribution is 0.447. The molecule has 7 heteroatoms. The van der Waals surface area contributed by atoms with E-state index in [9.17, 15) is 9.90 Å². The summed E-state index contributed by atoms with van der Waals surface area (Å²) in [5.41, 5.74) is -0.328. The fourth-order valence-corrected chi connectivity index (χ4v) is 2.88. The van der Waals surface area contributed by atoms with Gasteiger partial charge in [-0.2, -0.15) is 4.98 Å². The van der Waals surface area contributed by atoms with Crippen molar-refractivity contribution in [3.05, 3.63) is 29.3 Å². The smallest absolute Gasteiger partial charge is 0.268 e. The lowest BCUT2D eigenvalue weighted by Crippen LogP contribution is -2.11. The predicted molar refractivity (Wildman–Crippen MR) is 75.0 cm³/mol. The van der Waals surface area contributed by atoms with Gasteiger partial charge < -0.3 is 10.1 Å². The number of nitrogens with one attached hydrogen (secondary N) is 1. The molecule has 2 heterocycles. The quantitative estimate of drug-likeness (QED) is 0.708. The predicted octanol–water partition coefficient (Wildman–Crippen LogP) is 2.88. The van der Waals surface area contributed by atoms with Gasteiger partial charge in [0.25, 0.3) is 5.56 Å². The van der Waals surface area contributed by atoms with E-state index in [2.05, 4.69) is 25.9 Å². The van der Waals surface area contributed by atoms with E-state index >= 15 is 0 Å². The van der Waals surface area contributed by atoms with Crippen LogP contribution in [-0.2, 0) is 0 Å². The van der Waals surface area contributed by atoms with Crippen molar-refractivity contribution in [2.75, 3.05) is 0 Å². The van der Waals surface area contributed by atoms with Crippen LogP contribution in [0.5, 0.6) is 5.88 Å². The van der Waals surface area contributed by atoms with Crippen molar-refractivity contribution in [2.45, 2.75) is 6.92 Å². The van der Waals surface area contributed by atoms with E-state index in [4.69, 9.17) is 0 Å². The van der Waals surface area contributed by atoms with Gasteiger partial charge in [-0.3, -0.25) is 4.79 Å². The third-order valence-electron chi connectivity index (χ3n) is 1.94. The fraction of sp³-hybridized carbons (Fsp3) is 0.111. The monoisotopic (exact) mass is 412 g/mol. The Kier molecular flexibility index (Phi) is 3.36. The molecule has 0 saturated carbocycles. The summed E-state index contributed by atoms with van der Waals surface area (Å²) in [4.78, 5) is 19.9. The molecule has 0 amide bonds. The molecule has 16 heavy (non-hydrogen) atoms. The van der Waals surface area contributed by atoms with Gasteiger partial charge >= 0.3 is 0 Å². The second-order valence-corrected chi connectivity index (χ2v) is 6.26. The van der Waals surface area contributed by atoms with Crippen LogP contribution in [-0.4, -0.2) is 15.1 Å². The molecule has 2 aromatic heterocycles. The zero-order valence-corrected chi connectivity index (χ0v) is 12.6. The molecule has 0 aliphatic rings. The third-order valence-corrected chi connectivity index (χ3v) is 5.05. The first-order valence-corrected chi connectivity index (χ1v) is 6.93. The maximum atomic E-state index is 11.5. The summed E-state index contributed by atoms with van der Waals surface area (Å²) >= 11 is 6.64. The Morgan fingerprint density at radius 3 is 2.81 bits per heavy atom. The Morgan fingerprint density at radius 1 is 1.62 bits per heavy atom. The second-order valence-electron chi connectivity index (χ2n) is 3.07. The van der Waals surface area contributed by atoms with E-state index in [-0.39, 0.29) is 15.0 Å². The fourth-order valence-electron chi connectivity index (χ4n) is 1.14. The molecule has 0 radical (unpaired) electrons. The van der Waals surface area contributed by atoms with Crippen molar-refractivity contribution in [1.82, 2.24) is 9.97 Å². The minimum absolute atomic E-state index is 0.202. The van der Waals surface area contributed by atoms with Crippen LogP contribution in [0.15, 0.2) is 15.3 Å². The molecule has 0 aromatic carbocycles. The molecule has 0 spiro atoms. The number of aryl methyl sites for hydroxylation is 1. The summed E-state index contributed by atoms with van der Waals surface area (Å²) in [5, 5.41) is 9.47. The van der Waals surface area contributed by atoms with E-state index in [1.165, 1.54) is 11.3 Å². The number of aromatic nitrogens is 2. The molecule has 2 aromatic rings. The van der Waals surface area contributed by atoms with E-state index in [1.54, 1.807) is 22.6 Å². The number of H-pyrrole nitrogens is 1. The minimum atomic E-state index is -0.328. The summed E-state index contributed by atoms with van der Waals surface area (Å²) in [6.07, 6.45) is 0. The van der Waals surface area contributed by atoms with Crippen LogP contribution in [0.2, 0.25) is 0 Å². The molecule has 2 rings (SSSR count). The number of halogens is 2. The molecular weight excluding hydrogens is 407 g/mol. The Morgan fingerprint density at radius 2 is 2.31 bits per heavy atom. The van der Waals surface area contributed by atoms with E-state index in [0.29, 0.717) is 5.82 Å². The van der Waals surface area contributed by atoms with Gasteiger partial charge in [0, 0.05) is 9.35 Å². The lowest BCUT2D eigenvalue weighted by atomic mass is 10.4. The maximum absolute atomic E-state index is 11.5. The van der Waals surface area contributed by atoms with Crippen molar-refractivity contribution in [3.63, 3.8) is 0 Å². The van der Waals surface area contributed by atoms with Crippen molar-refractivity contribution in [1.29, 1.82) is 0 Å². The SMILES string of the molecule is Cc1sc(-c2nc(O)c(I)c(=O)[nH]2)cc1Br. The van der Waals surface area contributed by atoms with Gasteiger partial charge in [0.15, 0.2) is 5.82 Å². The summed E-state index contributed by atoms with van der Waals surface area (Å²) in [6.45, 7) is 1.96. The molecule has 0 unspecified atom stereocenters. The molecule has 0 bridgehead atoms. The highest BCUT2D eigenvalue weighted by Gasteiger charge is 2.12. The van der Waals surface area contributed by atoms with Gasteiger partial charge in [0.1, 0.15) is 3.57 Å². The Labute approximate surface area is 117 Å². The highest BCUT2D eigenvalue weighted by molar-refractivity contribution is 14.1. The lowest BCUT2D eigenvalue weighted by Gasteiger charge is -1.99. The molecule has 0 aliphatic heterocycles. The van der Waals surface area contributed by atoms with Gasteiger partial charge in [0.2, 0.25) is 5.88 Å². The first kappa shape index (κ1) is 12.1. The third kappa shape index (κ3) is 2.16. The van der Waals surface area contributed by atoms with Crippen LogP contribution in [0.25, 0.3) is 10.7 Å². The topological polar surface area (TPSA) is 66.0 Å². The summed E-state index contributed by atoms with van der Waals surface area (Å²) in [7, 11) is 0. The molecule has 4 nitrogen and oxygen atoms in total. The number of hydrogen-bond acceptors (Lipinski definition) is 4. The van der Waals surface area contributed by atoms with Gasteiger partial charge in [-0.05, 0) is 51.5 Å². The molecule has 84 valence electrons. The zero-order chi connectivity index (χ0) is 11.9. The second kappa shape index (κ2) is 4.46. The largest absolute Gasteiger partial charge is 0.492 e. The van der Waals surface area contributed by atoms with Gasteiger partial charge in [-0.25, -0.2) is 0 Å². The Hall–Kier alpha value is -0.410. The molecular formula is C9H6BrIN2O2S. The van der Waals surface area contributed by atoms with Crippen LogP contribution >= 0.6 is 49.9 Å². The highest BCUT2D eigenvalue weighted by atomic mass is 127. The number of aromatic amines is 1. The average Bonchev–Trinajstić information content (AvgIpc) is 2.55. The first-order valence-electron chi connectivity index (χ1n) is 4.24. The summed E-state index contributed by atoms with van der Waals surface area (Å²) in [6, 6.07) is 1.87. The van der Waals surface area contributed by atoms with Crippen molar-refractivity contribution >= 4 is 49.9 Å². The number of thiophene rings is 1. The first-order chi connectivity index (χ1) is 7.49. The van der Waals surface area contributed by atoms with Crippen LogP contribution in [0.4, 0.5) is 0 Å². The molecule has 0 saturated heterocycles. The highest BCUT2D eigenvalue weighted by Crippen LogP contribution is 2.32. The van der Waals surface area contributed by atoms with E-state index in [0.717, 1.165) is 14.2 Å². The number of rotatable bonds is 1. The van der Waals surface area contributed by atoms with Gasteiger partial charge in [-0.1, -0.05) is 0 Å². The normalized spacial score (nSPS) is 10.7. The molecule has 0 fully saturated rings. The molecule has 2 N–H and O–H groups in total. The standard InChI is InChI=1S/C9H6BrIN2O2S/c1-3-4(10)2-5(16-3)7-12-8(14)6(11)9(15)13-7/h2H,1H3,(H2,12,13,14,15). The van der Waals surface area contributed by atoms with Crippen LogP contribution in [0.1, 0.15) is 4.88 Å². The average molecular weight is 413 g/mol. The van der Waals surface area contributed by atoms with Crippen LogP contribution < -0.4 is 5.56 Å². The van der Waals surface area contributed by atoms with E-state index in [1.807, 2.05) is 13.0 Å². The van der Waals surface area contributed by atoms with Crippen molar-refractivity contribution in [3.8, 4) is 16.6 Å². The Balaban J connectivity index is 2.61. The summed E-state index contributed by atoms with van der Waals surface area (Å²) < 4.78 is 1.17. The summed E-state index contributed by atoms with van der Waals surface area (Å²) in [5.74, 6) is 0.156. The molecule has 0 atom stereocenters. The van der Waals surface area contributed by atoms with Crippen molar-refractivity contribution < 1.29 is 5.11 Å². The number of hydrogen-bond donors (Lipinski definition) is 2. The molecule has 0 aliphatic carbocycles. The van der Waals surface area contributed by atoms with Crippen molar-refractivity contribution in [2.24, 2.45) is 0 Å². The maximum Gasteiger partial charge on any atom is 0.268 e. The van der Waals surface area contributed by atoms with E-state index < -0.39 is 0 Å². The van der Waals surface area contributed by atoms with Gasteiger partial charge in [-0.15, -0.1) is 11.3 Å².